The van der Waals surface area contributed by atoms with Gasteiger partial charge in [0.2, 0.25) is 10.0 Å². The summed E-state index contributed by atoms with van der Waals surface area (Å²) in [5.74, 6) is 0. The Morgan fingerprint density at radius 3 is 2.26 bits per heavy atom. The lowest BCUT2D eigenvalue weighted by Gasteiger charge is -2.31. The van der Waals surface area contributed by atoms with E-state index in [0.29, 0.717) is 29.6 Å². The van der Waals surface area contributed by atoms with E-state index in [1.807, 2.05) is 49.5 Å². The number of sulfonamides is 1. The minimum atomic E-state index is -3.43. The molecule has 1 heterocycles. The normalized spacial score (nSPS) is 16.0. The molecule has 2 aromatic carbocycles. The van der Waals surface area contributed by atoms with E-state index >= 15 is 0 Å². The molecule has 0 aliphatic carbocycles. The van der Waals surface area contributed by atoms with Crippen molar-refractivity contribution in [3.8, 4) is 0 Å². The standard InChI is InChI=1S/C19H24N4O2S2/c1-22-11-13-23(14-12-22)27(24,25)18-9-7-16(8-10-18)15-20-19(26)21-17-5-3-2-4-6-17/h2-10H,11-15H2,1H3,(H2,20,21,26). The third-order valence-corrected chi connectivity index (χ3v) is 6.67. The van der Waals surface area contributed by atoms with Crippen LogP contribution < -0.4 is 10.6 Å². The summed E-state index contributed by atoms with van der Waals surface area (Å²) in [6, 6.07) is 16.7. The van der Waals surface area contributed by atoms with Crippen molar-refractivity contribution in [2.45, 2.75) is 11.4 Å². The molecule has 0 aromatic heterocycles. The van der Waals surface area contributed by atoms with E-state index in [0.717, 1.165) is 24.3 Å². The van der Waals surface area contributed by atoms with Crippen LogP contribution in [0.5, 0.6) is 0 Å². The van der Waals surface area contributed by atoms with Crippen LogP contribution in [0.2, 0.25) is 0 Å². The van der Waals surface area contributed by atoms with Crippen molar-refractivity contribution in [3.63, 3.8) is 0 Å². The number of hydrogen-bond acceptors (Lipinski definition) is 4. The number of hydrogen-bond donors (Lipinski definition) is 2. The maximum Gasteiger partial charge on any atom is 0.243 e. The minimum Gasteiger partial charge on any atom is -0.358 e. The molecule has 1 aliphatic heterocycles. The highest BCUT2D eigenvalue weighted by Crippen LogP contribution is 2.18. The molecule has 3 rings (SSSR count). The number of rotatable bonds is 5. The summed E-state index contributed by atoms with van der Waals surface area (Å²) in [5.41, 5.74) is 1.88. The van der Waals surface area contributed by atoms with E-state index in [1.54, 1.807) is 16.4 Å². The predicted octanol–water partition coefficient (Wildman–Crippen LogP) is 2.11. The molecule has 0 bridgehead atoms. The molecule has 144 valence electrons. The molecule has 0 atom stereocenters. The summed E-state index contributed by atoms with van der Waals surface area (Å²) in [7, 11) is -1.42. The Morgan fingerprint density at radius 1 is 1.00 bits per heavy atom. The summed E-state index contributed by atoms with van der Waals surface area (Å²) in [5, 5.41) is 6.76. The molecular formula is C19H24N4O2S2. The third kappa shape index (κ3) is 5.26. The number of benzene rings is 2. The van der Waals surface area contributed by atoms with Gasteiger partial charge in [-0.05, 0) is 49.1 Å². The fourth-order valence-corrected chi connectivity index (χ4v) is 4.45. The molecule has 0 spiro atoms. The van der Waals surface area contributed by atoms with Crippen molar-refractivity contribution in [2.75, 3.05) is 38.5 Å². The van der Waals surface area contributed by atoms with Gasteiger partial charge in [0.1, 0.15) is 0 Å². The van der Waals surface area contributed by atoms with E-state index < -0.39 is 10.0 Å². The van der Waals surface area contributed by atoms with E-state index in [1.165, 1.54) is 0 Å². The van der Waals surface area contributed by atoms with Gasteiger partial charge in [-0.2, -0.15) is 4.31 Å². The van der Waals surface area contributed by atoms with Gasteiger partial charge < -0.3 is 15.5 Å². The first-order valence-corrected chi connectivity index (χ1v) is 10.7. The Labute approximate surface area is 166 Å². The summed E-state index contributed by atoms with van der Waals surface area (Å²) in [4.78, 5) is 2.47. The van der Waals surface area contributed by atoms with Gasteiger partial charge in [-0.3, -0.25) is 0 Å². The Kier molecular flexibility index (Phi) is 6.43. The van der Waals surface area contributed by atoms with Gasteiger partial charge in [0, 0.05) is 38.4 Å². The third-order valence-electron chi connectivity index (χ3n) is 4.51. The van der Waals surface area contributed by atoms with Gasteiger partial charge in [-0.1, -0.05) is 30.3 Å². The zero-order chi connectivity index (χ0) is 19.3. The molecule has 1 aliphatic rings. The Hall–Kier alpha value is -2.00. The predicted molar refractivity (Wildman–Crippen MR) is 112 cm³/mol. The van der Waals surface area contributed by atoms with Crippen LogP contribution in [-0.4, -0.2) is 56.0 Å². The SMILES string of the molecule is CN1CCN(S(=O)(=O)c2ccc(CNC(=S)Nc3ccccc3)cc2)CC1. The largest absolute Gasteiger partial charge is 0.358 e. The molecule has 2 N–H and O–H groups in total. The van der Waals surface area contributed by atoms with Crippen LogP contribution in [0.25, 0.3) is 0 Å². The van der Waals surface area contributed by atoms with Crippen LogP contribution in [0.4, 0.5) is 5.69 Å². The first kappa shape index (κ1) is 19.8. The van der Waals surface area contributed by atoms with Gasteiger partial charge in [0.05, 0.1) is 4.90 Å². The fourth-order valence-electron chi connectivity index (χ4n) is 2.84. The average molecular weight is 405 g/mol. The monoisotopic (exact) mass is 404 g/mol. The molecular weight excluding hydrogens is 380 g/mol. The van der Waals surface area contributed by atoms with E-state index in [9.17, 15) is 8.42 Å². The maximum atomic E-state index is 12.7. The highest BCUT2D eigenvalue weighted by molar-refractivity contribution is 7.89. The van der Waals surface area contributed by atoms with Gasteiger partial charge in [-0.25, -0.2) is 8.42 Å². The molecule has 0 saturated carbocycles. The summed E-state index contributed by atoms with van der Waals surface area (Å²) >= 11 is 5.29. The fraction of sp³-hybridized carbons (Fsp3) is 0.316. The van der Waals surface area contributed by atoms with Crippen molar-refractivity contribution < 1.29 is 8.42 Å². The van der Waals surface area contributed by atoms with Crippen LogP contribution in [0.15, 0.2) is 59.5 Å². The summed E-state index contributed by atoms with van der Waals surface area (Å²) in [6.07, 6.45) is 0. The summed E-state index contributed by atoms with van der Waals surface area (Å²) in [6.45, 7) is 3.09. The average Bonchev–Trinajstić information content (AvgIpc) is 2.68. The number of thiocarbonyl (C=S) groups is 1. The molecule has 1 fully saturated rings. The van der Waals surface area contributed by atoms with Crippen molar-refractivity contribution in [1.29, 1.82) is 0 Å². The summed E-state index contributed by atoms with van der Waals surface area (Å²) < 4.78 is 27.0. The molecule has 1 saturated heterocycles. The molecule has 8 heteroatoms. The van der Waals surface area contributed by atoms with Crippen LogP contribution in [0, 0.1) is 0 Å². The van der Waals surface area contributed by atoms with Crippen molar-refractivity contribution >= 4 is 33.0 Å². The zero-order valence-corrected chi connectivity index (χ0v) is 16.9. The quantitative estimate of drug-likeness (QED) is 0.745. The number of piperazine rings is 1. The van der Waals surface area contributed by atoms with Gasteiger partial charge in [0.15, 0.2) is 5.11 Å². The molecule has 0 amide bonds. The molecule has 0 radical (unpaired) electrons. The van der Waals surface area contributed by atoms with Crippen LogP contribution in [0.1, 0.15) is 5.56 Å². The number of para-hydroxylation sites is 1. The second-order valence-electron chi connectivity index (χ2n) is 6.53. The Bertz CT molecular complexity index is 862. The van der Waals surface area contributed by atoms with Crippen molar-refractivity contribution in [3.05, 3.63) is 60.2 Å². The lowest BCUT2D eigenvalue weighted by Crippen LogP contribution is -2.47. The Balaban J connectivity index is 1.56. The lowest BCUT2D eigenvalue weighted by atomic mass is 10.2. The van der Waals surface area contributed by atoms with E-state index in [4.69, 9.17) is 12.2 Å². The Morgan fingerprint density at radius 2 is 1.63 bits per heavy atom. The highest BCUT2D eigenvalue weighted by atomic mass is 32.2. The van der Waals surface area contributed by atoms with E-state index in [-0.39, 0.29) is 0 Å². The molecule has 27 heavy (non-hydrogen) atoms. The number of likely N-dealkylation sites (N-methyl/N-ethyl adjacent to an activating group) is 1. The van der Waals surface area contributed by atoms with Crippen molar-refractivity contribution in [1.82, 2.24) is 14.5 Å². The topological polar surface area (TPSA) is 64.7 Å². The number of nitrogens with one attached hydrogen (secondary N) is 2. The van der Waals surface area contributed by atoms with Crippen LogP contribution in [-0.2, 0) is 16.6 Å². The first-order valence-electron chi connectivity index (χ1n) is 8.83. The molecule has 2 aromatic rings. The van der Waals surface area contributed by atoms with Crippen LogP contribution >= 0.6 is 12.2 Å². The molecule has 6 nitrogen and oxygen atoms in total. The minimum absolute atomic E-state index is 0.334. The van der Waals surface area contributed by atoms with Gasteiger partial charge in [0.25, 0.3) is 0 Å². The van der Waals surface area contributed by atoms with Crippen LogP contribution in [0.3, 0.4) is 0 Å². The number of anilines is 1. The van der Waals surface area contributed by atoms with E-state index in [2.05, 4.69) is 15.5 Å². The molecule has 0 unspecified atom stereocenters. The lowest BCUT2D eigenvalue weighted by molar-refractivity contribution is 0.222. The second kappa shape index (κ2) is 8.79. The van der Waals surface area contributed by atoms with Crippen molar-refractivity contribution in [2.24, 2.45) is 0 Å². The first-order chi connectivity index (χ1) is 12.9. The number of nitrogens with zero attached hydrogens (tertiary/aromatic N) is 2. The smallest absolute Gasteiger partial charge is 0.243 e. The second-order valence-corrected chi connectivity index (χ2v) is 8.87. The van der Waals surface area contributed by atoms with Gasteiger partial charge in [-0.15, -0.1) is 0 Å². The maximum absolute atomic E-state index is 12.7. The van der Waals surface area contributed by atoms with Gasteiger partial charge >= 0.3 is 0 Å². The highest BCUT2D eigenvalue weighted by Gasteiger charge is 2.27. The zero-order valence-electron chi connectivity index (χ0n) is 15.3.